The minimum absolute atomic E-state index is 0.179. The Morgan fingerprint density at radius 3 is 2.79 bits per heavy atom. The summed E-state index contributed by atoms with van der Waals surface area (Å²) in [4.78, 5) is 26.0. The lowest BCUT2D eigenvalue weighted by Crippen LogP contribution is -2.40. The number of nitriles is 1. The number of nitrogens with zero attached hydrogens (tertiary/aromatic N) is 4. The molecule has 0 aliphatic carbocycles. The van der Waals surface area contributed by atoms with Crippen LogP contribution < -0.4 is 5.32 Å². The van der Waals surface area contributed by atoms with Crippen LogP contribution in [0.5, 0.6) is 0 Å². The van der Waals surface area contributed by atoms with E-state index in [0.29, 0.717) is 5.56 Å². The van der Waals surface area contributed by atoms with Crippen molar-refractivity contribution in [3.63, 3.8) is 0 Å². The molecule has 7 nitrogen and oxygen atoms in total. The van der Waals surface area contributed by atoms with Gasteiger partial charge in [-0.05, 0) is 30.7 Å². The zero-order chi connectivity index (χ0) is 17.5. The van der Waals surface area contributed by atoms with E-state index in [2.05, 4.69) is 10.4 Å². The first-order valence-electron chi connectivity index (χ1n) is 7.17. The molecule has 1 N–H and O–H groups in total. The number of carbonyl (C=O) groups is 2. The number of hydrogen-bond donors (Lipinski definition) is 1. The molecule has 3 amide bonds. The van der Waals surface area contributed by atoms with Crippen LogP contribution in [0.15, 0.2) is 30.6 Å². The second kappa shape index (κ2) is 5.45. The molecule has 8 heteroatoms. The molecular weight excluding hydrogens is 313 g/mol. The highest BCUT2D eigenvalue weighted by Gasteiger charge is 2.49. The molecular formula is C16H14FN5O2. The summed E-state index contributed by atoms with van der Waals surface area (Å²) in [6, 6.07) is 4.97. The highest BCUT2D eigenvalue weighted by atomic mass is 19.1. The van der Waals surface area contributed by atoms with Crippen molar-refractivity contribution >= 4 is 11.9 Å². The van der Waals surface area contributed by atoms with Gasteiger partial charge in [-0.25, -0.2) is 9.18 Å². The van der Waals surface area contributed by atoms with Gasteiger partial charge in [0.2, 0.25) is 0 Å². The van der Waals surface area contributed by atoms with E-state index in [0.717, 1.165) is 17.0 Å². The van der Waals surface area contributed by atoms with Gasteiger partial charge in [-0.1, -0.05) is 0 Å². The third-order valence-electron chi connectivity index (χ3n) is 4.07. The van der Waals surface area contributed by atoms with Gasteiger partial charge in [-0.3, -0.25) is 14.4 Å². The van der Waals surface area contributed by atoms with Gasteiger partial charge in [0.25, 0.3) is 5.91 Å². The third-order valence-corrected chi connectivity index (χ3v) is 4.07. The molecule has 1 aromatic heterocycles. The van der Waals surface area contributed by atoms with Crippen LogP contribution >= 0.6 is 0 Å². The topological polar surface area (TPSA) is 91.0 Å². The van der Waals surface area contributed by atoms with E-state index >= 15 is 0 Å². The van der Waals surface area contributed by atoms with Crippen LogP contribution in [0, 0.1) is 17.1 Å². The van der Waals surface area contributed by atoms with Crippen molar-refractivity contribution < 1.29 is 14.0 Å². The zero-order valence-electron chi connectivity index (χ0n) is 13.1. The first-order chi connectivity index (χ1) is 11.3. The van der Waals surface area contributed by atoms with Crippen LogP contribution in [-0.4, -0.2) is 26.6 Å². The SMILES string of the molecule is Cn1cc([C@]2(C)NC(=O)N(Cc3cc(F)ccc3C#N)C2=O)cn1. The number of aromatic nitrogens is 2. The minimum Gasteiger partial charge on any atom is -0.319 e. The molecule has 0 saturated carbocycles. The number of carbonyl (C=O) groups excluding carboxylic acids is 2. The van der Waals surface area contributed by atoms with Crippen LogP contribution in [-0.2, 0) is 23.9 Å². The molecule has 1 aliphatic heterocycles. The Labute approximate surface area is 137 Å². The molecule has 1 atom stereocenters. The van der Waals surface area contributed by atoms with Gasteiger partial charge in [-0.2, -0.15) is 10.4 Å². The van der Waals surface area contributed by atoms with Crippen LogP contribution in [0.1, 0.15) is 23.6 Å². The van der Waals surface area contributed by atoms with Crippen molar-refractivity contribution in [2.75, 3.05) is 0 Å². The number of rotatable bonds is 3. The number of halogens is 1. The average Bonchev–Trinajstić information content (AvgIpc) is 3.06. The van der Waals surface area contributed by atoms with E-state index in [4.69, 9.17) is 5.26 Å². The lowest BCUT2D eigenvalue weighted by Gasteiger charge is -2.20. The largest absolute Gasteiger partial charge is 0.325 e. The summed E-state index contributed by atoms with van der Waals surface area (Å²) < 4.78 is 15.0. The average molecular weight is 327 g/mol. The highest BCUT2D eigenvalue weighted by Crippen LogP contribution is 2.29. The van der Waals surface area contributed by atoms with E-state index < -0.39 is 23.3 Å². The minimum atomic E-state index is -1.24. The first-order valence-corrected chi connectivity index (χ1v) is 7.17. The molecule has 1 aliphatic rings. The Hall–Kier alpha value is -3.21. The monoisotopic (exact) mass is 327 g/mol. The van der Waals surface area contributed by atoms with Gasteiger partial charge in [0.1, 0.15) is 11.4 Å². The van der Waals surface area contributed by atoms with Gasteiger partial charge in [0, 0.05) is 18.8 Å². The molecule has 0 spiro atoms. The van der Waals surface area contributed by atoms with Crippen molar-refractivity contribution in [3.8, 4) is 6.07 Å². The predicted molar refractivity (Wildman–Crippen MR) is 80.8 cm³/mol. The molecule has 0 bridgehead atoms. The van der Waals surface area contributed by atoms with Crippen molar-refractivity contribution in [1.82, 2.24) is 20.0 Å². The molecule has 0 radical (unpaired) electrons. The van der Waals surface area contributed by atoms with Crippen molar-refractivity contribution in [2.24, 2.45) is 7.05 Å². The fourth-order valence-electron chi connectivity index (χ4n) is 2.69. The Morgan fingerprint density at radius 1 is 1.42 bits per heavy atom. The third kappa shape index (κ3) is 2.40. The number of nitrogens with one attached hydrogen (secondary N) is 1. The summed E-state index contributed by atoms with van der Waals surface area (Å²) in [5, 5.41) is 15.8. The number of aryl methyl sites for hydroxylation is 1. The Kier molecular flexibility index (Phi) is 3.56. The van der Waals surface area contributed by atoms with Crippen molar-refractivity contribution in [1.29, 1.82) is 5.26 Å². The molecule has 1 fully saturated rings. The second-order valence-electron chi connectivity index (χ2n) is 5.76. The summed E-state index contributed by atoms with van der Waals surface area (Å²) in [7, 11) is 1.71. The summed E-state index contributed by atoms with van der Waals surface area (Å²) in [5.74, 6) is -1.01. The lowest BCUT2D eigenvalue weighted by atomic mass is 9.95. The number of hydrogen-bond acceptors (Lipinski definition) is 4. The van der Waals surface area contributed by atoms with E-state index in [1.807, 2.05) is 6.07 Å². The maximum absolute atomic E-state index is 13.4. The first kappa shape index (κ1) is 15.7. The lowest BCUT2D eigenvalue weighted by molar-refractivity contribution is -0.131. The number of amides is 3. The summed E-state index contributed by atoms with van der Waals surface area (Å²) in [5.41, 5.74) is -0.208. The number of imide groups is 1. The van der Waals surface area contributed by atoms with E-state index in [1.54, 1.807) is 20.2 Å². The Balaban J connectivity index is 1.94. The smallest absolute Gasteiger partial charge is 0.319 e. The highest BCUT2D eigenvalue weighted by molar-refractivity contribution is 6.07. The van der Waals surface area contributed by atoms with Crippen LogP contribution in [0.25, 0.3) is 0 Å². The van der Waals surface area contributed by atoms with E-state index in [9.17, 15) is 14.0 Å². The van der Waals surface area contributed by atoms with Gasteiger partial charge in [0.15, 0.2) is 0 Å². The molecule has 122 valence electrons. The molecule has 3 rings (SSSR count). The second-order valence-corrected chi connectivity index (χ2v) is 5.76. The molecule has 0 unspecified atom stereocenters. The molecule has 24 heavy (non-hydrogen) atoms. The molecule has 2 heterocycles. The van der Waals surface area contributed by atoms with E-state index in [1.165, 1.54) is 16.9 Å². The van der Waals surface area contributed by atoms with Crippen LogP contribution in [0.3, 0.4) is 0 Å². The fraction of sp³-hybridized carbons (Fsp3) is 0.250. The summed E-state index contributed by atoms with van der Waals surface area (Å²) >= 11 is 0. The Bertz CT molecular complexity index is 885. The fourth-order valence-corrected chi connectivity index (χ4v) is 2.69. The Morgan fingerprint density at radius 2 is 2.17 bits per heavy atom. The van der Waals surface area contributed by atoms with Crippen LogP contribution in [0.4, 0.5) is 9.18 Å². The normalized spacial score (nSPS) is 20.2. The standard InChI is InChI=1S/C16H14FN5O2/c1-16(12-7-19-21(2)9-12)14(23)22(15(24)20-16)8-11-5-13(17)4-3-10(11)6-18/h3-5,7,9H,8H2,1-2H3,(H,20,24)/t16-/m0/s1. The molecule has 1 saturated heterocycles. The van der Waals surface area contributed by atoms with Crippen molar-refractivity contribution in [3.05, 3.63) is 53.1 Å². The predicted octanol–water partition coefficient (Wildman–Crippen LogP) is 1.40. The number of urea groups is 1. The van der Waals surface area contributed by atoms with Gasteiger partial charge in [0.05, 0.1) is 24.4 Å². The number of benzene rings is 1. The van der Waals surface area contributed by atoms with Gasteiger partial charge < -0.3 is 5.32 Å². The quantitative estimate of drug-likeness (QED) is 0.863. The van der Waals surface area contributed by atoms with Gasteiger partial charge in [-0.15, -0.1) is 0 Å². The maximum atomic E-state index is 13.4. The molecule has 2 aromatic rings. The van der Waals surface area contributed by atoms with E-state index in [-0.39, 0.29) is 17.7 Å². The zero-order valence-corrected chi connectivity index (χ0v) is 13.1. The van der Waals surface area contributed by atoms with Gasteiger partial charge >= 0.3 is 6.03 Å². The summed E-state index contributed by atoms with van der Waals surface area (Å²) in [6.07, 6.45) is 3.15. The maximum Gasteiger partial charge on any atom is 0.325 e. The molecule has 1 aromatic carbocycles. The van der Waals surface area contributed by atoms with Crippen LogP contribution in [0.2, 0.25) is 0 Å². The van der Waals surface area contributed by atoms with Crippen molar-refractivity contribution in [2.45, 2.75) is 19.0 Å². The summed E-state index contributed by atoms with van der Waals surface area (Å²) in [6.45, 7) is 1.40.